The second-order valence-corrected chi connectivity index (χ2v) is 4.61. The Kier molecular flexibility index (Phi) is 4.95. The first-order valence-electron chi connectivity index (χ1n) is 6.80. The molecule has 6 nitrogen and oxygen atoms in total. The molecular formula is C12H23N5O. The molecule has 2 N–H and O–H groups in total. The molecule has 0 atom stereocenters. The van der Waals surface area contributed by atoms with Crippen molar-refractivity contribution in [3.63, 3.8) is 0 Å². The van der Waals surface area contributed by atoms with Crippen molar-refractivity contribution in [1.82, 2.24) is 15.0 Å². The molecule has 1 aliphatic rings. The summed E-state index contributed by atoms with van der Waals surface area (Å²) < 4.78 is 7.74. The van der Waals surface area contributed by atoms with Gasteiger partial charge in [-0.25, -0.2) is 4.68 Å². The van der Waals surface area contributed by atoms with Gasteiger partial charge < -0.3 is 15.4 Å². The minimum atomic E-state index is 0.388. The molecule has 2 heterocycles. The Hall–Kier alpha value is -1.14. The van der Waals surface area contributed by atoms with E-state index < -0.39 is 0 Å². The highest BCUT2D eigenvalue weighted by Crippen LogP contribution is 2.20. The summed E-state index contributed by atoms with van der Waals surface area (Å²) in [7, 11) is 0. The van der Waals surface area contributed by atoms with E-state index in [1.54, 1.807) is 0 Å². The van der Waals surface area contributed by atoms with E-state index in [0.717, 1.165) is 51.3 Å². The third kappa shape index (κ3) is 3.20. The number of nitrogens with two attached hydrogens (primary N) is 1. The van der Waals surface area contributed by atoms with Crippen LogP contribution in [0.25, 0.3) is 0 Å². The topological polar surface area (TPSA) is 69.2 Å². The molecular weight excluding hydrogens is 230 g/mol. The Labute approximate surface area is 108 Å². The fourth-order valence-corrected chi connectivity index (χ4v) is 2.31. The highest BCUT2D eigenvalue weighted by molar-refractivity contribution is 5.36. The lowest BCUT2D eigenvalue weighted by Crippen LogP contribution is -2.38. The zero-order valence-electron chi connectivity index (χ0n) is 11.1. The van der Waals surface area contributed by atoms with Crippen molar-refractivity contribution in [2.45, 2.75) is 38.8 Å². The highest BCUT2D eigenvalue weighted by Gasteiger charge is 2.21. The van der Waals surface area contributed by atoms with Crippen molar-refractivity contribution in [2.75, 3.05) is 31.1 Å². The van der Waals surface area contributed by atoms with Crippen LogP contribution in [0.5, 0.6) is 0 Å². The summed E-state index contributed by atoms with van der Waals surface area (Å²) in [5.41, 5.74) is 5.46. The van der Waals surface area contributed by atoms with E-state index in [1.165, 1.54) is 0 Å². The van der Waals surface area contributed by atoms with Crippen LogP contribution in [0.4, 0.5) is 5.82 Å². The summed E-state index contributed by atoms with van der Waals surface area (Å²) in [5.74, 6) is 1.12. The molecule has 1 aromatic rings. The number of aromatic nitrogens is 3. The Morgan fingerprint density at radius 3 is 2.89 bits per heavy atom. The van der Waals surface area contributed by atoms with E-state index in [0.29, 0.717) is 12.6 Å². The Bertz CT molecular complexity index is 346. The third-order valence-electron chi connectivity index (χ3n) is 3.36. The summed E-state index contributed by atoms with van der Waals surface area (Å²) in [5, 5.41) is 8.04. The molecule has 102 valence electrons. The number of aryl methyl sites for hydroxylation is 1. The lowest BCUT2D eigenvalue weighted by Gasteiger charge is -2.33. The van der Waals surface area contributed by atoms with Crippen LogP contribution in [-0.4, -0.2) is 47.3 Å². The fraction of sp³-hybridized carbons (Fsp3) is 0.833. The third-order valence-corrected chi connectivity index (χ3v) is 3.36. The van der Waals surface area contributed by atoms with Gasteiger partial charge in [-0.1, -0.05) is 5.21 Å². The van der Waals surface area contributed by atoms with Gasteiger partial charge in [-0.15, -0.1) is 5.10 Å². The average Bonchev–Trinajstić information content (AvgIpc) is 2.88. The lowest BCUT2D eigenvalue weighted by molar-refractivity contribution is 0.0364. The van der Waals surface area contributed by atoms with E-state index in [1.807, 2.05) is 10.9 Å². The van der Waals surface area contributed by atoms with Crippen LogP contribution in [0, 0.1) is 0 Å². The monoisotopic (exact) mass is 253 g/mol. The lowest BCUT2D eigenvalue weighted by atomic mass is 10.1. The van der Waals surface area contributed by atoms with Crippen LogP contribution in [0.2, 0.25) is 0 Å². The van der Waals surface area contributed by atoms with Crippen LogP contribution < -0.4 is 10.6 Å². The van der Waals surface area contributed by atoms with Gasteiger partial charge in [-0.05, 0) is 32.7 Å². The van der Waals surface area contributed by atoms with Gasteiger partial charge >= 0.3 is 0 Å². The maximum atomic E-state index is 5.80. The van der Waals surface area contributed by atoms with Crippen molar-refractivity contribution in [2.24, 2.45) is 5.73 Å². The average molecular weight is 253 g/mol. The van der Waals surface area contributed by atoms with Gasteiger partial charge in [0.25, 0.3) is 0 Å². The Balaban J connectivity index is 1.79. The molecule has 1 saturated heterocycles. The molecule has 18 heavy (non-hydrogen) atoms. The van der Waals surface area contributed by atoms with Crippen molar-refractivity contribution in [3.8, 4) is 0 Å². The number of rotatable bonds is 6. The van der Waals surface area contributed by atoms with Crippen LogP contribution >= 0.6 is 0 Å². The summed E-state index contributed by atoms with van der Waals surface area (Å²) in [6.07, 6.45) is 5.32. The number of ether oxygens (including phenoxy) is 1. The SMILES string of the molecule is CCn1nncc1N1CCC(OCCCN)CC1. The normalized spacial score (nSPS) is 17.3. The zero-order valence-corrected chi connectivity index (χ0v) is 11.1. The second-order valence-electron chi connectivity index (χ2n) is 4.61. The van der Waals surface area contributed by atoms with Crippen LogP contribution in [0.15, 0.2) is 6.20 Å². The van der Waals surface area contributed by atoms with E-state index in [-0.39, 0.29) is 0 Å². The van der Waals surface area contributed by atoms with E-state index in [9.17, 15) is 0 Å². The molecule has 2 rings (SSSR count). The fourth-order valence-electron chi connectivity index (χ4n) is 2.31. The number of anilines is 1. The van der Waals surface area contributed by atoms with Crippen molar-refractivity contribution >= 4 is 5.82 Å². The minimum absolute atomic E-state index is 0.388. The maximum Gasteiger partial charge on any atom is 0.147 e. The maximum absolute atomic E-state index is 5.80. The molecule has 1 aliphatic heterocycles. The van der Waals surface area contributed by atoms with Crippen LogP contribution in [0.1, 0.15) is 26.2 Å². The first kappa shape index (κ1) is 13.3. The molecule has 0 unspecified atom stereocenters. The molecule has 0 aromatic carbocycles. The van der Waals surface area contributed by atoms with Gasteiger partial charge in [0.15, 0.2) is 0 Å². The smallest absolute Gasteiger partial charge is 0.147 e. The van der Waals surface area contributed by atoms with Crippen molar-refractivity contribution in [1.29, 1.82) is 0 Å². The van der Waals surface area contributed by atoms with E-state index in [2.05, 4.69) is 22.1 Å². The summed E-state index contributed by atoms with van der Waals surface area (Å²) in [6, 6.07) is 0. The molecule has 1 aromatic heterocycles. The van der Waals surface area contributed by atoms with Gasteiger partial charge in [-0.2, -0.15) is 0 Å². The number of hydrogen-bond acceptors (Lipinski definition) is 5. The largest absolute Gasteiger partial charge is 0.378 e. The Morgan fingerprint density at radius 2 is 2.22 bits per heavy atom. The van der Waals surface area contributed by atoms with E-state index in [4.69, 9.17) is 10.5 Å². The molecule has 0 bridgehead atoms. The molecule has 0 radical (unpaired) electrons. The first-order valence-corrected chi connectivity index (χ1v) is 6.80. The standard InChI is InChI=1S/C12H23N5O/c1-2-17-12(10-14-15-17)16-7-4-11(5-8-16)18-9-3-6-13/h10-11H,2-9,13H2,1H3. The van der Waals surface area contributed by atoms with Gasteiger partial charge in [0, 0.05) is 26.2 Å². The number of hydrogen-bond donors (Lipinski definition) is 1. The summed E-state index contributed by atoms with van der Waals surface area (Å²) >= 11 is 0. The second kappa shape index (κ2) is 6.70. The van der Waals surface area contributed by atoms with Gasteiger partial charge in [0.05, 0.1) is 12.3 Å². The summed E-state index contributed by atoms with van der Waals surface area (Å²) in [6.45, 7) is 6.47. The number of piperidine rings is 1. The predicted octanol–water partition coefficient (Wildman–Crippen LogP) is 0.632. The zero-order chi connectivity index (χ0) is 12.8. The van der Waals surface area contributed by atoms with Crippen LogP contribution in [0.3, 0.4) is 0 Å². The van der Waals surface area contributed by atoms with Gasteiger partial charge in [-0.3, -0.25) is 0 Å². The molecule has 0 aliphatic carbocycles. The first-order chi connectivity index (χ1) is 8.85. The van der Waals surface area contributed by atoms with Crippen LogP contribution in [-0.2, 0) is 11.3 Å². The van der Waals surface area contributed by atoms with Gasteiger partial charge in [0.1, 0.15) is 5.82 Å². The predicted molar refractivity (Wildman–Crippen MR) is 70.6 cm³/mol. The van der Waals surface area contributed by atoms with Crippen molar-refractivity contribution < 1.29 is 4.74 Å². The molecule has 0 saturated carbocycles. The minimum Gasteiger partial charge on any atom is -0.378 e. The highest BCUT2D eigenvalue weighted by atomic mass is 16.5. The Morgan fingerprint density at radius 1 is 1.44 bits per heavy atom. The van der Waals surface area contributed by atoms with Crippen molar-refractivity contribution in [3.05, 3.63) is 6.20 Å². The summed E-state index contributed by atoms with van der Waals surface area (Å²) in [4.78, 5) is 2.34. The molecule has 6 heteroatoms. The molecule has 0 amide bonds. The quantitative estimate of drug-likeness (QED) is 0.753. The number of nitrogens with zero attached hydrogens (tertiary/aromatic N) is 4. The van der Waals surface area contributed by atoms with Gasteiger partial charge in [0.2, 0.25) is 0 Å². The van der Waals surface area contributed by atoms with E-state index >= 15 is 0 Å². The molecule has 0 spiro atoms. The molecule has 1 fully saturated rings.